The van der Waals surface area contributed by atoms with Crippen LogP contribution in [0.1, 0.15) is 44.7 Å². The molecule has 1 aromatic carbocycles. The van der Waals surface area contributed by atoms with Crippen molar-refractivity contribution in [2.45, 2.75) is 47.5 Å². The average molecular weight is 304 g/mol. The highest BCUT2D eigenvalue weighted by atomic mass is 16.2. The third kappa shape index (κ3) is 5.51. The van der Waals surface area contributed by atoms with Gasteiger partial charge in [0, 0.05) is 32.1 Å². The molecule has 0 atom stereocenters. The SMILES string of the molecule is CC(=O)N(CCC(=O)NCCC(C)C)c1c(C)cccc1C. The smallest absolute Gasteiger partial charge is 0.223 e. The Morgan fingerprint density at radius 1 is 1.18 bits per heavy atom. The normalized spacial score (nSPS) is 10.6. The van der Waals surface area contributed by atoms with Gasteiger partial charge in [-0.05, 0) is 37.3 Å². The van der Waals surface area contributed by atoms with E-state index >= 15 is 0 Å². The number of aryl methyl sites for hydroxylation is 2. The van der Waals surface area contributed by atoms with Gasteiger partial charge < -0.3 is 10.2 Å². The first-order valence-corrected chi connectivity index (χ1v) is 7.94. The molecule has 1 aromatic rings. The molecule has 0 heterocycles. The summed E-state index contributed by atoms with van der Waals surface area (Å²) in [6.45, 7) is 10.9. The van der Waals surface area contributed by atoms with Crippen molar-refractivity contribution in [3.63, 3.8) is 0 Å². The molecule has 0 radical (unpaired) electrons. The molecular formula is C18H28N2O2. The average Bonchev–Trinajstić information content (AvgIpc) is 2.41. The van der Waals surface area contributed by atoms with Crippen molar-refractivity contribution in [2.75, 3.05) is 18.0 Å². The highest BCUT2D eigenvalue weighted by Crippen LogP contribution is 2.24. The summed E-state index contributed by atoms with van der Waals surface area (Å²) in [7, 11) is 0. The van der Waals surface area contributed by atoms with Crippen molar-refractivity contribution in [1.82, 2.24) is 5.32 Å². The maximum atomic E-state index is 12.0. The lowest BCUT2D eigenvalue weighted by Gasteiger charge is -2.25. The van der Waals surface area contributed by atoms with Crippen LogP contribution in [-0.2, 0) is 9.59 Å². The van der Waals surface area contributed by atoms with Gasteiger partial charge in [-0.3, -0.25) is 9.59 Å². The number of rotatable bonds is 7. The lowest BCUT2D eigenvalue weighted by atomic mass is 10.1. The van der Waals surface area contributed by atoms with Crippen LogP contribution in [0.25, 0.3) is 0 Å². The van der Waals surface area contributed by atoms with E-state index < -0.39 is 0 Å². The van der Waals surface area contributed by atoms with Gasteiger partial charge in [-0.1, -0.05) is 32.0 Å². The summed E-state index contributed by atoms with van der Waals surface area (Å²) in [4.78, 5) is 25.6. The maximum Gasteiger partial charge on any atom is 0.223 e. The summed E-state index contributed by atoms with van der Waals surface area (Å²) in [5.41, 5.74) is 3.02. The summed E-state index contributed by atoms with van der Waals surface area (Å²) >= 11 is 0. The van der Waals surface area contributed by atoms with Gasteiger partial charge >= 0.3 is 0 Å². The first kappa shape index (κ1) is 18.2. The second-order valence-electron chi connectivity index (χ2n) is 6.19. The minimum Gasteiger partial charge on any atom is -0.356 e. The van der Waals surface area contributed by atoms with Gasteiger partial charge in [0.25, 0.3) is 0 Å². The van der Waals surface area contributed by atoms with Gasteiger partial charge in [0.05, 0.1) is 0 Å². The van der Waals surface area contributed by atoms with Crippen molar-refractivity contribution in [1.29, 1.82) is 0 Å². The third-order valence-electron chi connectivity index (χ3n) is 3.70. The van der Waals surface area contributed by atoms with Gasteiger partial charge in [0.2, 0.25) is 11.8 Å². The molecule has 2 amide bonds. The van der Waals surface area contributed by atoms with Crippen LogP contribution >= 0.6 is 0 Å². The fourth-order valence-electron chi connectivity index (χ4n) is 2.46. The number of para-hydroxylation sites is 1. The molecule has 0 saturated carbocycles. The second kappa shape index (κ2) is 8.57. The predicted octanol–water partition coefficient (Wildman–Crippen LogP) is 3.21. The van der Waals surface area contributed by atoms with Crippen molar-refractivity contribution in [3.05, 3.63) is 29.3 Å². The Kier molecular flexibility index (Phi) is 7.09. The van der Waals surface area contributed by atoms with Crippen molar-refractivity contribution < 1.29 is 9.59 Å². The van der Waals surface area contributed by atoms with Gasteiger partial charge in [0.15, 0.2) is 0 Å². The fraction of sp³-hybridized carbons (Fsp3) is 0.556. The van der Waals surface area contributed by atoms with E-state index in [2.05, 4.69) is 19.2 Å². The molecule has 0 aromatic heterocycles. The first-order valence-electron chi connectivity index (χ1n) is 7.94. The van der Waals surface area contributed by atoms with E-state index in [-0.39, 0.29) is 11.8 Å². The Morgan fingerprint density at radius 3 is 2.27 bits per heavy atom. The third-order valence-corrected chi connectivity index (χ3v) is 3.70. The first-order chi connectivity index (χ1) is 10.3. The Hall–Kier alpha value is -1.84. The summed E-state index contributed by atoms with van der Waals surface area (Å²) in [6.07, 6.45) is 1.30. The summed E-state index contributed by atoms with van der Waals surface area (Å²) in [5, 5.41) is 2.91. The Morgan fingerprint density at radius 2 is 1.77 bits per heavy atom. The van der Waals surface area contributed by atoms with E-state index in [1.165, 1.54) is 0 Å². The minimum absolute atomic E-state index is 0.00172. The molecule has 0 bridgehead atoms. The number of carbonyl (C=O) groups is 2. The fourth-order valence-corrected chi connectivity index (χ4v) is 2.46. The number of anilines is 1. The number of carbonyl (C=O) groups excluding carboxylic acids is 2. The number of hydrogen-bond acceptors (Lipinski definition) is 2. The van der Waals surface area contributed by atoms with E-state index in [0.29, 0.717) is 25.4 Å². The van der Waals surface area contributed by atoms with Crippen molar-refractivity contribution >= 4 is 17.5 Å². The molecule has 22 heavy (non-hydrogen) atoms. The molecule has 0 aliphatic carbocycles. The van der Waals surface area contributed by atoms with Crippen LogP contribution in [0.2, 0.25) is 0 Å². The molecule has 122 valence electrons. The number of benzene rings is 1. The topological polar surface area (TPSA) is 49.4 Å². The van der Waals surface area contributed by atoms with Crippen molar-refractivity contribution in [3.8, 4) is 0 Å². The number of hydrogen-bond donors (Lipinski definition) is 1. The van der Waals surface area contributed by atoms with Gasteiger partial charge in [-0.2, -0.15) is 0 Å². The predicted molar refractivity (Wildman–Crippen MR) is 91.0 cm³/mol. The molecule has 0 unspecified atom stereocenters. The molecule has 0 spiro atoms. The molecule has 0 aliphatic heterocycles. The van der Waals surface area contributed by atoms with E-state index in [1.54, 1.807) is 11.8 Å². The molecule has 4 nitrogen and oxygen atoms in total. The molecule has 4 heteroatoms. The van der Waals surface area contributed by atoms with E-state index in [1.807, 2.05) is 32.0 Å². The Balaban J connectivity index is 2.66. The molecule has 0 saturated heterocycles. The van der Waals surface area contributed by atoms with Crippen LogP contribution in [0, 0.1) is 19.8 Å². The molecule has 1 N–H and O–H groups in total. The molecular weight excluding hydrogens is 276 g/mol. The van der Waals surface area contributed by atoms with E-state index in [9.17, 15) is 9.59 Å². The van der Waals surface area contributed by atoms with Crippen LogP contribution in [0.5, 0.6) is 0 Å². The molecule has 0 fully saturated rings. The standard InChI is InChI=1S/C18H28N2O2/c1-13(2)9-11-19-17(22)10-12-20(16(5)21)18-14(3)7-6-8-15(18)4/h6-8,13H,9-12H2,1-5H3,(H,19,22). The van der Waals surface area contributed by atoms with Gasteiger partial charge in [-0.25, -0.2) is 0 Å². The van der Waals surface area contributed by atoms with Crippen LogP contribution in [-0.4, -0.2) is 24.9 Å². The largest absolute Gasteiger partial charge is 0.356 e. The lowest BCUT2D eigenvalue weighted by molar-refractivity contribution is -0.121. The Labute approximate surface area is 133 Å². The minimum atomic E-state index is -0.0348. The van der Waals surface area contributed by atoms with Crippen LogP contribution in [0.3, 0.4) is 0 Å². The zero-order chi connectivity index (χ0) is 16.7. The maximum absolute atomic E-state index is 12.0. The zero-order valence-electron chi connectivity index (χ0n) is 14.4. The number of nitrogens with zero attached hydrogens (tertiary/aromatic N) is 1. The van der Waals surface area contributed by atoms with Crippen LogP contribution in [0.4, 0.5) is 5.69 Å². The summed E-state index contributed by atoms with van der Waals surface area (Å²) in [6, 6.07) is 5.95. The number of nitrogens with one attached hydrogen (secondary N) is 1. The van der Waals surface area contributed by atoms with E-state index in [4.69, 9.17) is 0 Å². The van der Waals surface area contributed by atoms with Crippen LogP contribution in [0.15, 0.2) is 18.2 Å². The summed E-state index contributed by atoms with van der Waals surface area (Å²) < 4.78 is 0. The molecule has 0 aliphatic rings. The van der Waals surface area contributed by atoms with Gasteiger partial charge in [0.1, 0.15) is 0 Å². The zero-order valence-corrected chi connectivity index (χ0v) is 14.4. The van der Waals surface area contributed by atoms with Crippen LogP contribution < -0.4 is 10.2 Å². The highest BCUT2D eigenvalue weighted by molar-refractivity contribution is 5.94. The summed E-state index contributed by atoms with van der Waals surface area (Å²) in [5.74, 6) is 0.536. The highest BCUT2D eigenvalue weighted by Gasteiger charge is 2.17. The second-order valence-corrected chi connectivity index (χ2v) is 6.19. The van der Waals surface area contributed by atoms with Crippen molar-refractivity contribution in [2.24, 2.45) is 5.92 Å². The number of amides is 2. The monoisotopic (exact) mass is 304 g/mol. The lowest BCUT2D eigenvalue weighted by Crippen LogP contribution is -2.35. The molecule has 1 rings (SSSR count). The van der Waals surface area contributed by atoms with Gasteiger partial charge in [-0.15, -0.1) is 0 Å². The van der Waals surface area contributed by atoms with E-state index in [0.717, 1.165) is 23.2 Å². The Bertz CT molecular complexity index is 504. The quantitative estimate of drug-likeness (QED) is 0.841.